The van der Waals surface area contributed by atoms with Gasteiger partial charge in [0.2, 0.25) is 5.95 Å². The Balaban J connectivity index is 1.87. The lowest BCUT2D eigenvalue weighted by molar-refractivity contribution is 1.16. The van der Waals surface area contributed by atoms with Crippen molar-refractivity contribution in [1.82, 2.24) is 9.97 Å². The summed E-state index contributed by atoms with van der Waals surface area (Å²) in [6.45, 7) is 3.70. The van der Waals surface area contributed by atoms with E-state index in [0.717, 1.165) is 16.8 Å². The Bertz CT molecular complexity index is 1270. The Hall–Kier alpha value is -4.16. The summed E-state index contributed by atoms with van der Waals surface area (Å²) < 4.78 is 31.2. The number of allylic oxidation sites excluding steroid dienone is 1. The maximum Gasteiger partial charge on any atom is 0.229 e. The zero-order chi connectivity index (χ0) is 23.4. The van der Waals surface area contributed by atoms with Crippen LogP contribution in [0.5, 0.6) is 0 Å². The van der Waals surface area contributed by atoms with E-state index in [1.54, 1.807) is 30.5 Å². The van der Waals surface area contributed by atoms with Gasteiger partial charge < -0.3 is 10.6 Å². The molecule has 1 aromatic heterocycles. The largest absolute Gasteiger partial charge is 0.340 e. The summed E-state index contributed by atoms with van der Waals surface area (Å²) in [5.74, 6) is 0.738. The number of hydrogen-bond donors (Lipinski definition) is 2. The third-order valence-corrected chi connectivity index (χ3v) is 3.82. The third kappa shape index (κ3) is 4.51. The van der Waals surface area contributed by atoms with Gasteiger partial charge in [-0.05, 0) is 79.0 Å². The summed E-state index contributed by atoms with van der Waals surface area (Å²) >= 11 is 0. The Morgan fingerprint density at radius 1 is 1.11 bits per heavy atom. The number of nitrogens with zero attached hydrogens (tertiary/aromatic N) is 4. The highest BCUT2D eigenvalue weighted by molar-refractivity contribution is 5.69. The van der Waals surface area contributed by atoms with E-state index in [1.165, 1.54) is 12.1 Å². The molecule has 0 aliphatic rings. The molecule has 136 valence electrons. The molecule has 0 aliphatic heterocycles. The number of rotatable bonds is 5. The highest BCUT2D eigenvalue weighted by atomic mass is 15.1. The van der Waals surface area contributed by atoms with Crippen LogP contribution in [0.15, 0.2) is 54.7 Å². The van der Waals surface area contributed by atoms with Crippen LogP contribution in [-0.2, 0) is 0 Å². The van der Waals surface area contributed by atoms with E-state index >= 15 is 0 Å². The lowest BCUT2D eigenvalue weighted by Crippen LogP contribution is -2.02. The van der Waals surface area contributed by atoms with Gasteiger partial charge in [-0.15, -0.1) is 0 Å². The van der Waals surface area contributed by atoms with E-state index in [4.69, 9.17) is 16.0 Å². The summed E-state index contributed by atoms with van der Waals surface area (Å²) in [5.41, 5.74) is 3.31. The fourth-order valence-corrected chi connectivity index (χ4v) is 2.60. The molecule has 0 spiro atoms. The van der Waals surface area contributed by atoms with Crippen LogP contribution in [0.4, 0.5) is 23.1 Å². The molecule has 2 N–H and O–H groups in total. The van der Waals surface area contributed by atoms with Crippen LogP contribution in [0, 0.1) is 36.5 Å². The summed E-state index contributed by atoms with van der Waals surface area (Å²) in [4.78, 5) is 8.56. The Labute approximate surface area is 169 Å². The van der Waals surface area contributed by atoms with Gasteiger partial charge in [0, 0.05) is 23.6 Å². The van der Waals surface area contributed by atoms with Crippen molar-refractivity contribution in [3.05, 3.63) is 76.9 Å². The fraction of sp³-hybridized carbons (Fsp3) is 0.0909. The molecule has 0 unspecified atom stereocenters. The minimum atomic E-state index is -0.398. The lowest BCUT2D eigenvalue weighted by Gasteiger charge is -2.14. The monoisotopic (exact) mass is 370 g/mol. The first kappa shape index (κ1) is 14.0. The standard InChI is InChI=1S/C22H18N6/c1-15-12-18(4-3-10-23)13-16(2)21(15)27-20-9-11-25-22(28-20)26-19-7-5-17(14-24)6-8-19/h3-9,11-13H,1-2H3,(H2,25,26,27,28)/b4-3+/i3D,4D,5D,6D. The third-order valence-electron chi connectivity index (χ3n) is 3.82. The Kier molecular flexibility index (Phi) is 4.23. The van der Waals surface area contributed by atoms with Crippen molar-refractivity contribution >= 4 is 29.2 Å². The number of aryl methyl sites for hydroxylation is 2. The van der Waals surface area contributed by atoms with Gasteiger partial charge in [0.1, 0.15) is 5.82 Å². The van der Waals surface area contributed by atoms with Crippen LogP contribution < -0.4 is 10.6 Å². The molecule has 0 saturated carbocycles. The molecule has 3 rings (SSSR count). The molecule has 0 amide bonds. The number of anilines is 4. The van der Waals surface area contributed by atoms with Crippen LogP contribution in [0.25, 0.3) is 6.05 Å². The quantitative estimate of drug-likeness (QED) is 0.614. The van der Waals surface area contributed by atoms with Gasteiger partial charge >= 0.3 is 0 Å². The molecule has 2 aromatic carbocycles. The van der Waals surface area contributed by atoms with Gasteiger partial charge in [0.05, 0.1) is 23.2 Å². The van der Waals surface area contributed by atoms with E-state index in [1.807, 2.05) is 19.9 Å². The van der Waals surface area contributed by atoms with E-state index in [0.29, 0.717) is 17.1 Å². The van der Waals surface area contributed by atoms with Crippen molar-refractivity contribution in [3.8, 4) is 12.1 Å². The minimum Gasteiger partial charge on any atom is -0.340 e. The lowest BCUT2D eigenvalue weighted by atomic mass is 10.0. The average molecular weight is 370 g/mol. The molecule has 0 aliphatic carbocycles. The van der Waals surface area contributed by atoms with Gasteiger partial charge in [-0.1, -0.05) is 0 Å². The van der Waals surface area contributed by atoms with Crippen LogP contribution >= 0.6 is 0 Å². The van der Waals surface area contributed by atoms with Gasteiger partial charge in [-0.2, -0.15) is 15.5 Å². The number of hydrogen-bond acceptors (Lipinski definition) is 6. The number of nitriles is 2. The molecule has 1 heterocycles. The molecule has 0 radical (unpaired) electrons. The minimum absolute atomic E-state index is 0.000674. The summed E-state index contributed by atoms with van der Waals surface area (Å²) in [5, 5.41) is 24.0. The SMILES string of the molecule is [2H]/C(C#N)=C(/[2H])c1cc(C)c(Nc2ccnc(Nc3cc([2H])c(C#N)c([2H])c3)n2)c(C)c1. The average Bonchev–Trinajstić information content (AvgIpc) is 2.75. The first-order valence-corrected chi connectivity index (χ1v) is 8.31. The normalized spacial score (nSPS) is 13.0. The highest BCUT2D eigenvalue weighted by Gasteiger charge is 2.07. The van der Waals surface area contributed by atoms with Crippen molar-refractivity contribution in [2.45, 2.75) is 13.8 Å². The molecular weight excluding hydrogens is 348 g/mol. The molecule has 6 nitrogen and oxygen atoms in total. The van der Waals surface area contributed by atoms with Crippen LogP contribution in [0.1, 0.15) is 27.7 Å². The van der Waals surface area contributed by atoms with Gasteiger partial charge in [-0.25, -0.2) is 4.98 Å². The van der Waals surface area contributed by atoms with E-state index in [9.17, 15) is 0 Å². The van der Waals surface area contributed by atoms with Crippen molar-refractivity contribution < 1.29 is 5.48 Å². The van der Waals surface area contributed by atoms with E-state index in [2.05, 4.69) is 20.6 Å². The van der Waals surface area contributed by atoms with Crippen LogP contribution in [0.3, 0.4) is 0 Å². The van der Waals surface area contributed by atoms with Crippen LogP contribution in [-0.4, -0.2) is 9.97 Å². The second kappa shape index (κ2) is 8.48. The molecular formula is C22H18N6. The van der Waals surface area contributed by atoms with Gasteiger partial charge in [0.15, 0.2) is 0 Å². The van der Waals surface area contributed by atoms with E-state index < -0.39 is 6.05 Å². The second-order valence-corrected chi connectivity index (χ2v) is 5.88. The van der Waals surface area contributed by atoms with Crippen molar-refractivity contribution in [2.24, 2.45) is 0 Å². The summed E-state index contributed by atoms with van der Waals surface area (Å²) in [6.07, 6.45) is 1.55. The second-order valence-electron chi connectivity index (χ2n) is 5.88. The molecule has 0 bridgehead atoms. The molecule has 0 saturated heterocycles. The highest BCUT2D eigenvalue weighted by Crippen LogP contribution is 2.26. The maximum atomic E-state index is 9.01. The van der Waals surface area contributed by atoms with Crippen molar-refractivity contribution in [3.63, 3.8) is 0 Å². The maximum absolute atomic E-state index is 9.01. The predicted molar refractivity (Wildman–Crippen MR) is 110 cm³/mol. The predicted octanol–water partition coefficient (Wildman–Crippen LogP) is 4.99. The zero-order valence-electron chi connectivity index (χ0n) is 19.3. The van der Waals surface area contributed by atoms with E-state index in [-0.39, 0.29) is 29.6 Å². The molecule has 3 aromatic rings. The molecule has 6 heteroatoms. The van der Waals surface area contributed by atoms with Crippen molar-refractivity contribution in [2.75, 3.05) is 10.6 Å². The van der Waals surface area contributed by atoms with Gasteiger partial charge in [0.25, 0.3) is 0 Å². The summed E-state index contributed by atoms with van der Waals surface area (Å²) in [7, 11) is 0. The topological polar surface area (TPSA) is 97.4 Å². The number of aromatic nitrogens is 2. The first-order chi connectivity index (χ1) is 15.2. The number of benzene rings is 2. The zero-order valence-corrected chi connectivity index (χ0v) is 15.3. The number of nitrogens with one attached hydrogen (secondary N) is 2. The molecule has 28 heavy (non-hydrogen) atoms. The first-order valence-electron chi connectivity index (χ1n) is 10.3. The summed E-state index contributed by atoms with van der Waals surface area (Å²) in [6, 6.07) is 10.9. The molecule has 0 atom stereocenters. The Morgan fingerprint density at radius 3 is 2.46 bits per heavy atom. The van der Waals surface area contributed by atoms with Crippen molar-refractivity contribution in [1.29, 1.82) is 10.5 Å². The molecule has 0 fully saturated rings. The van der Waals surface area contributed by atoms with Crippen LogP contribution in [0.2, 0.25) is 0 Å². The smallest absolute Gasteiger partial charge is 0.229 e. The fourth-order valence-electron chi connectivity index (χ4n) is 2.60. The van der Waals surface area contributed by atoms with Gasteiger partial charge in [-0.3, -0.25) is 0 Å². The Morgan fingerprint density at radius 2 is 1.82 bits per heavy atom.